The fraction of sp³-hybridized carbons (Fsp3) is 0.355. The third kappa shape index (κ3) is 18.8. The first kappa shape index (κ1) is 97.8. The number of fused-ring (bicyclic) bond motifs is 6. The molecule has 9 aromatic heterocycles. The molecule has 0 aliphatic heterocycles. The number of alkyl halides is 13. The minimum atomic E-state index is -4.75. The molecule has 4 fully saturated rings. The SMILES string of the molecule is C=S(=O)(c1ncn(C)n1)N(C(C)C)[C@H]1CCC2=Cc3c(cnn3-c3ccc(F)cc3)C[C@]2(C(=O)c2cc(C(F)(F)F)ccn2)C1.C=S(=O)(c1ncn(C)n1)N(C1CC(F)(F)C1)[C@H]1CCC2=Cc3c(cnn3-c3ccc(F)cc3)C[C@]2(C(=O)c2cc(C(F)(F)F)ccn2)C1.C=S(=O)(c1ncn(C)n1)N(CC(F)F)[C@H]1CCC2=Cc3c(cnn3-c3ccc(F)cc3)C[C@]2(C(=O)c2cc(C(F)(F)F)ccn2)C1. The maximum Gasteiger partial charge on any atom is 0.416 e. The highest BCUT2D eigenvalue weighted by Crippen LogP contribution is 2.57. The van der Waals surface area contributed by atoms with E-state index in [1.54, 1.807) is 75.1 Å². The van der Waals surface area contributed by atoms with Crippen LogP contribution in [0.5, 0.6) is 0 Å². The fourth-order valence-electron chi connectivity index (χ4n) is 20.2. The highest BCUT2D eigenvalue weighted by molar-refractivity contribution is 7.98. The second-order valence-corrected chi connectivity index (χ2v) is 42.1. The Bertz CT molecular complexity index is 7240. The van der Waals surface area contributed by atoms with E-state index < -0.39 is 183 Å². The number of halogens is 16. The summed E-state index contributed by atoms with van der Waals surface area (Å²) >= 11 is 0. The number of Topliss-reactive ketones (excluding diaryl/α,β-unsaturated/α-hetero) is 3. The van der Waals surface area contributed by atoms with Crippen molar-refractivity contribution in [2.24, 2.45) is 37.4 Å². The minimum Gasteiger partial charge on any atom is -0.291 e. The van der Waals surface area contributed by atoms with Crippen LogP contribution in [0.3, 0.4) is 0 Å². The molecule has 19 rings (SSSR count). The first-order valence-corrected chi connectivity index (χ1v) is 48.6. The van der Waals surface area contributed by atoms with E-state index in [4.69, 9.17) is 0 Å². The molecule has 9 atom stereocenters. The van der Waals surface area contributed by atoms with Gasteiger partial charge in [0.1, 0.15) is 53.5 Å². The first-order chi connectivity index (χ1) is 65.5. The minimum absolute atomic E-state index is 0.00252. The number of carbonyl (C=O) groups is 3. The second-order valence-electron chi connectivity index (χ2n) is 35.8. The number of pyridine rings is 3. The van der Waals surface area contributed by atoms with E-state index in [0.717, 1.165) is 52.7 Å². The summed E-state index contributed by atoms with van der Waals surface area (Å²) in [7, 11) is -5.71. The number of benzene rings is 3. The van der Waals surface area contributed by atoms with E-state index in [-0.39, 0.29) is 91.4 Å². The number of allylic oxidation sites excluding steroid dienone is 3. The van der Waals surface area contributed by atoms with Gasteiger partial charge in [0, 0.05) is 82.8 Å². The molecule has 4 saturated carbocycles. The highest BCUT2D eigenvalue weighted by Gasteiger charge is 2.59. The van der Waals surface area contributed by atoms with Crippen molar-refractivity contribution in [2.45, 2.75) is 180 Å². The van der Waals surface area contributed by atoms with Gasteiger partial charge in [-0.3, -0.25) is 43.4 Å². The molecule has 3 aromatic carbocycles. The number of hydrogen-bond acceptors (Lipinski definition) is 18. The molecule has 139 heavy (non-hydrogen) atoms. The van der Waals surface area contributed by atoms with Gasteiger partial charge in [-0.05, 0) is 253 Å². The van der Waals surface area contributed by atoms with E-state index in [9.17, 15) is 97.3 Å². The average molecular weight is 2000 g/mol. The lowest BCUT2D eigenvalue weighted by Crippen LogP contribution is -2.59. The van der Waals surface area contributed by atoms with Gasteiger partial charge in [-0.15, -0.1) is 15.3 Å². The van der Waals surface area contributed by atoms with Gasteiger partial charge in [-0.2, -0.15) is 54.8 Å². The van der Waals surface area contributed by atoms with Crippen LogP contribution in [-0.2, 0) is 88.1 Å². The van der Waals surface area contributed by atoms with Crippen LogP contribution in [-0.4, -0.2) is 198 Å². The van der Waals surface area contributed by atoms with Gasteiger partial charge in [0.25, 0.3) is 12.3 Å². The van der Waals surface area contributed by atoms with E-state index in [1.807, 2.05) is 19.9 Å². The molecular formula is C93H87F16N21O6S3. The first-order valence-electron chi connectivity index (χ1n) is 43.5. The summed E-state index contributed by atoms with van der Waals surface area (Å²) in [6.07, 6.45) is 0.246. The van der Waals surface area contributed by atoms with Gasteiger partial charge >= 0.3 is 18.5 Å². The maximum atomic E-state index is 14.6. The summed E-state index contributed by atoms with van der Waals surface area (Å²) in [6.45, 7) is 2.77. The van der Waals surface area contributed by atoms with Gasteiger partial charge in [0.2, 0.25) is 15.5 Å². The lowest BCUT2D eigenvalue weighted by molar-refractivity contribution is -0.138. The van der Waals surface area contributed by atoms with Crippen molar-refractivity contribution in [1.82, 2.24) is 102 Å². The average Bonchev–Trinajstić information content (AvgIpc) is 1.72. The molecule has 0 radical (unpaired) electrons. The predicted octanol–water partition coefficient (Wildman–Crippen LogP) is 16.2. The lowest BCUT2D eigenvalue weighted by atomic mass is 9.60. The normalized spacial score (nSPS) is 22.0. The molecule has 730 valence electrons. The third-order valence-corrected chi connectivity index (χ3v) is 32.6. The van der Waals surface area contributed by atoms with Crippen molar-refractivity contribution in [3.63, 3.8) is 0 Å². The number of aryl methyl sites for hydroxylation is 3. The zero-order valence-corrected chi connectivity index (χ0v) is 77.1. The summed E-state index contributed by atoms with van der Waals surface area (Å²) < 4.78 is 277. The Morgan fingerprint density at radius 2 is 0.755 bits per heavy atom. The van der Waals surface area contributed by atoms with Crippen LogP contribution in [0.1, 0.15) is 166 Å². The zero-order chi connectivity index (χ0) is 99.6. The van der Waals surface area contributed by atoms with Gasteiger partial charge in [-0.1, -0.05) is 16.7 Å². The van der Waals surface area contributed by atoms with Crippen LogP contribution in [0.2, 0.25) is 0 Å². The molecule has 7 aliphatic carbocycles. The van der Waals surface area contributed by atoms with Crippen LogP contribution in [0.4, 0.5) is 70.2 Å². The molecule has 12 aromatic rings. The van der Waals surface area contributed by atoms with Crippen molar-refractivity contribution in [3.05, 3.63) is 267 Å². The Balaban J connectivity index is 0.000000144. The standard InChI is InChI=1S/C32H29F6N7O2S.C31H31F4N7O2S.C30H27F6N7O2S/c1-43-18-40-29(42-43)48(2,47)45(25-15-31(34,35)16-25)24-6-3-20-12-27-19(17-41-44(27)23-7-4-22(33)5-8-23)13-30(20,14-24)28(46)26-11-21(9-10-39-26)32(36,37)38;1-19(2)42(45(4,44)29-37-18-40(3)39-29)25-8-5-21-14-27-20(17-38-41(27)24-9-6-23(32)7-10-24)15-30(21,16-25)28(43)26-13-22(11-12-36-26)31(33,34)35;1-41-17-38-28(40-41)46(2,45)42(16-26(32)33)23-6-3-19-12-25-18(15-39-43(25)22-7-4-21(31)5-8-22)13-29(19,14-23)27(44)24-11-20(9-10-37-24)30(34,35)36/h4-5,7-12,17-18,24-25H,2-3,6,13-16H2,1H3;6-7,9-14,17-19,25H,4-5,8,15-16H2,1-3H3;4-5,7-12,15,17,23,26H,2-3,6,13-14,16H2,1H3/t24-,30-,48?;25-,30-,45?;23-,29-,46?/m000/s1. The molecule has 46 heteroatoms. The summed E-state index contributed by atoms with van der Waals surface area (Å²) in [5.74, 6) is 5.44. The Morgan fingerprint density at radius 1 is 0.439 bits per heavy atom. The molecule has 27 nitrogen and oxygen atoms in total. The number of hydrogen-bond donors (Lipinski definition) is 0. The van der Waals surface area contributed by atoms with E-state index in [2.05, 4.69) is 78.1 Å². The van der Waals surface area contributed by atoms with Crippen molar-refractivity contribution < 1.29 is 97.3 Å². The Kier molecular flexibility index (Phi) is 25.7. The number of ketones is 3. The molecule has 0 spiro atoms. The third-order valence-electron chi connectivity index (χ3n) is 26.4. The zero-order valence-electron chi connectivity index (χ0n) is 74.6. The highest BCUT2D eigenvalue weighted by atomic mass is 32.2. The van der Waals surface area contributed by atoms with Gasteiger partial charge in [0.15, 0.2) is 17.3 Å². The van der Waals surface area contributed by atoms with Crippen LogP contribution in [0, 0.1) is 33.7 Å². The van der Waals surface area contributed by atoms with Crippen LogP contribution >= 0.6 is 0 Å². The molecule has 0 saturated heterocycles. The van der Waals surface area contributed by atoms with E-state index in [1.165, 1.54) is 105 Å². The monoisotopic (exact) mass is 1990 g/mol. The lowest BCUT2D eigenvalue weighted by Gasteiger charge is -2.51. The summed E-state index contributed by atoms with van der Waals surface area (Å²) in [6, 6.07) is 18.3. The van der Waals surface area contributed by atoms with Crippen molar-refractivity contribution >= 4 is 82.3 Å². The molecule has 0 bridgehead atoms. The van der Waals surface area contributed by atoms with Crippen molar-refractivity contribution in [1.29, 1.82) is 0 Å². The van der Waals surface area contributed by atoms with E-state index >= 15 is 0 Å². The van der Waals surface area contributed by atoms with Crippen LogP contribution in [0.25, 0.3) is 35.3 Å². The number of carbonyl (C=O) groups excluding carboxylic acids is 3. The Labute approximate surface area is 785 Å². The van der Waals surface area contributed by atoms with Gasteiger partial charge in [-0.25, -0.2) is 85.3 Å². The second kappa shape index (κ2) is 36.5. The van der Waals surface area contributed by atoms with Gasteiger partial charge < -0.3 is 0 Å². The number of aromatic nitrogens is 18. The predicted molar refractivity (Wildman–Crippen MR) is 480 cm³/mol. The summed E-state index contributed by atoms with van der Waals surface area (Å²) in [5, 5.41) is 25.5. The van der Waals surface area contributed by atoms with Gasteiger partial charge in [0.05, 0.1) is 121 Å². The van der Waals surface area contributed by atoms with Crippen molar-refractivity contribution in [2.75, 3.05) is 6.54 Å². The number of rotatable bonds is 22. The topological polar surface area (TPSA) is 296 Å². The Hall–Kier alpha value is -12.8. The Morgan fingerprint density at radius 3 is 1.07 bits per heavy atom. The fourth-order valence-corrected chi connectivity index (χ4v) is 25.8. The summed E-state index contributed by atoms with van der Waals surface area (Å²) in [5.41, 5.74) is -1.28. The molecule has 0 N–H and O–H groups in total. The van der Waals surface area contributed by atoms with Crippen LogP contribution < -0.4 is 0 Å². The molecule has 9 heterocycles. The van der Waals surface area contributed by atoms with Crippen LogP contribution in [0.15, 0.2) is 198 Å². The largest absolute Gasteiger partial charge is 0.416 e. The maximum absolute atomic E-state index is 14.6. The number of nitrogens with zero attached hydrogens (tertiary/aromatic N) is 21. The smallest absolute Gasteiger partial charge is 0.291 e. The van der Waals surface area contributed by atoms with Crippen molar-refractivity contribution in [3.8, 4) is 17.1 Å². The van der Waals surface area contributed by atoms with E-state index in [0.29, 0.717) is 87.0 Å². The molecular weight excluding hydrogens is 1910 g/mol. The summed E-state index contributed by atoms with van der Waals surface area (Å²) in [4.78, 5) is 68.1. The molecule has 0 amide bonds. The molecule has 3 unspecified atom stereocenters. The molecule has 7 aliphatic rings. The quantitative estimate of drug-likeness (QED) is 0.0346.